The van der Waals surface area contributed by atoms with Gasteiger partial charge in [-0.15, -0.1) is 0 Å². The van der Waals surface area contributed by atoms with Gasteiger partial charge in [-0.05, 0) is 54.7 Å². The Hall–Kier alpha value is -1.27. The first-order valence-corrected chi connectivity index (χ1v) is 8.91. The number of Topliss-reactive ketones (excluding diaryl/α,β-unsaturated/α-hetero) is 1. The first kappa shape index (κ1) is 16.6. The van der Waals surface area contributed by atoms with Crippen molar-refractivity contribution in [3.05, 3.63) is 28.7 Å². The van der Waals surface area contributed by atoms with Gasteiger partial charge in [-0.2, -0.15) is 5.10 Å². The zero-order valence-electron chi connectivity index (χ0n) is 13.4. The van der Waals surface area contributed by atoms with E-state index in [-0.39, 0.29) is 22.5 Å². The lowest BCUT2D eigenvalue weighted by Gasteiger charge is -2.31. The van der Waals surface area contributed by atoms with Crippen LogP contribution < -0.4 is 10.7 Å². The Morgan fingerprint density at radius 2 is 1.96 bits per heavy atom. The Labute approximate surface area is 150 Å². The molecule has 2 fully saturated rings. The smallest absolute Gasteiger partial charge is 0.191 e. The summed E-state index contributed by atoms with van der Waals surface area (Å²) in [6, 6.07) is 7.69. The lowest BCUT2D eigenvalue weighted by atomic mass is 9.70. The molecule has 0 aliphatic heterocycles. The van der Waals surface area contributed by atoms with Crippen molar-refractivity contribution >= 4 is 50.4 Å². The third-order valence-corrected chi connectivity index (χ3v) is 6.39. The van der Waals surface area contributed by atoms with Gasteiger partial charge >= 0.3 is 0 Å². The topological polar surface area (TPSA) is 53.5 Å². The highest BCUT2D eigenvalue weighted by atomic mass is 79.9. The minimum atomic E-state index is -0.293. The number of nitrogens with zero attached hydrogens (tertiary/aromatic N) is 1. The summed E-state index contributed by atoms with van der Waals surface area (Å²) in [5.74, 6) is 0.376. The number of ketones is 1. The molecule has 2 aliphatic carbocycles. The molecular formula is C17H20BrN3OS. The maximum atomic E-state index is 12.7. The van der Waals surface area contributed by atoms with E-state index in [0.29, 0.717) is 10.8 Å². The number of rotatable bonds is 2. The van der Waals surface area contributed by atoms with Crippen molar-refractivity contribution in [3.63, 3.8) is 0 Å². The van der Waals surface area contributed by atoms with Crippen molar-refractivity contribution in [2.24, 2.45) is 21.8 Å². The Kier molecular flexibility index (Phi) is 4.09. The van der Waals surface area contributed by atoms with Crippen molar-refractivity contribution < 1.29 is 4.79 Å². The zero-order chi connectivity index (χ0) is 16.8. The molecule has 2 saturated carbocycles. The van der Waals surface area contributed by atoms with Gasteiger partial charge in [0.15, 0.2) is 10.9 Å². The second-order valence-corrected chi connectivity index (χ2v) is 8.37. The normalized spacial score (nSPS) is 29.8. The van der Waals surface area contributed by atoms with Gasteiger partial charge < -0.3 is 5.32 Å². The summed E-state index contributed by atoms with van der Waals surface area (Å²) >= 11 is 8.65. The fraction of sp³-hybridized carbons (Fsp3) is 0.471. The first-order chi connectivity index (χ1) is 10.8. The standard InChI is InChI=1S/C17H20BrN3OS/c1-16(2)12-8-9-17(16,3)14(22)13(12)20-21-15(23)19-11-6-4-10(18)5-7-11/h4-7,12H,8-9H2,1-3H3,(H2,19,21,23). The van der Waals surface area contributed by atoms with E-state index in [1.54, 1.807) is 0 Å². The van der Waals surface area contributed by atoms with Crippen molar-refractivity contribution in [1.82, 2.24) is 5.43 Å². The minimum Gasteiger partial charge on any atom is -0.331 e. The molecule has 6 heteroatoms. The summed E-state index contributed by atoms with van der Waals surface area (Å²) in [5, 5.41) is 7.80. The molecule has 2 atom stereocenters. The number of carbonyl (C=O) groups excluding carboxylic acids is 1. The molecule has 2 unspecified atom stereocenters. The molecule has 122 valence electrons. The van der Waals surface area contributed by atoms with Gasteiger partial charge in [-0.1, -0.05) is 36.7 Å². The SMILES string of the molecule is CC12CCC(C(=NNC(=S)Nc3ccc(Br)cc3)C1=O)C2(C)C. The highest BCUT2D eigenvalue weighted by molar-refractivity contribution is 9.10. The molecule has 0 spiro atoms. The van der Waals surface area contributed by atoms with Gasteiger partial charge in [-0.3, -0.25) is 10.2 Å². The van der Waals surface area contributed by atoms with Crippen LogP contribution in [-0.2, 0) is 4.79 Å². The van der Waals surface area contributed by atoms with Crippen LogP contribution in [0.3, 0.4) is 0 Å². The van der Waals surface area contributed by atoms with Crippen LogP contribution in [0.2, 0.25) is 0 Å². The van der Waals surface area contributed by atoms with Gasteiger partial charge in [0.05, 0.1) is 0 Å². The molecule has 1 aromatic rings. The lowest BCUT2D eigenvalue weighted by molar-refractivity contribution is -0.123. The monoisotopic (exact) mass is 393 g/mol. The molecular weight excluding hydrogens is 374 g/mol. The van der Waals surface area contributed by atoms with Crippen molar-refractivity contribution in [1.29, 1.82) is 0 Å². The van der Waals surface area contributed by atoms with Gasteiger partial charge in [0, 0.05) is 21.5 Å². The Morgan fingerprint density at radius 3 is 2.52 bits per heavy atom. The number of hydrogen-bond acceptors (Lipinski definition) is 3. The third kappa shape index (κ3) is 2.62. The van der Waals surface area contributed by atoms with E-state index in [2.05, 4.69) is 52.5 Å². The summed E-state index contributed by atoms with van der Waals surface area (Å²) in [6.45, 7) is 6.41. The molecule has 1 aromatic carbocycles. The van der Waals surface area contributed by atoms with Gasteiger partial charge in [0.25, 0.3) is 0 Å². The number of thiocarbonyl (C=S) groups is 1. The van der Waals surface area contributed by atoms with Gasteiger partial charge in [0.2, 0.25) is 0 Å². The summed E-state index contributed by atoms with van der Waals surface area (Å²) < 4.78 is 1.00. The number of anilines is 1. The number of hydrazone groups is 1. The Morgan fingerprint density at radius 1 is 1.30 bits per heavy atom. The van der Waals surface area contributed by atoms with Crippen molar-refractivity contribution in [2.75, 3.05) is 5.32 Å². The Bertz CT molecular complexity index is 698. The number of carbonyl (C=O) groups is 1. The van der Waals surface area contributed by atoms with E-state index < -0.39 is 0 Å². The maximum Gasteiger partial charge on any atom is 0.191 e. The summed E-state index contributed by atoms with van der Waals surface area (Å²) in [4.78, 5) is 12.7. The predicted molar refractivity (Wildman–Crippen MR) is 101 cm³/mol. The quantitative estimate of drug-likeness (QED) is 0.586. The number of fused-ring (bicyclic) bond motifs is 2. The van der Waals surface area contributed by atoms with Crippen LogP contribution in [-0.4, -0.2) is 16.6 Å². The minimum absolute atomic E-state index is 0.0364. The molecule has 0 aromatic heterocycles. The van der Waals surface area contributed by atoms with E-state index in [0.717, 1.165) is 23.0 Å². The first-order valence-electron chi connectivity index (χ1n) is 7.70. The zero-order valence-corrected chi connectivity index (χ0v) is 15.8. The van der Waals surface area contributed by atoms with Crippen molar-refractivity contribution in [2.45, 2.75) is 33.6 Å². The number of halogens is 1. The van der Waals surface area contributed by atoms with Crippen LogP contribution in [0.5, 0.6) is 0 Å². The molecule has 23 heavy (non-hydrogen) atoms. The molecule has 0 heterocycles. The van der Waals surface area contributed by atoms with Crippen LogP contribution in [0.4, 0.5) is 5.69 Å². The van der Waals surface area contributed by atoms with Crippen LogP contribution >= 0.6 is 28.1 Å². The molecule has 0 saturated heterocycles. The van der Waals surface area contributed by atoms with E-state index >= 15 is 0 Å². The molecule has 3 rings (SSSR count). The molecule has 0 radical (unpaired) electrons. The summed E-state index contributed by atoms with van der Waals surface area (Å²) in [6.07, 6.45) is 1.97. The van der Waals surface area contributed by atoms with Crippen molar-refractivity contribution in [3.8, 4) is 0 Å². The summed E-state index contributed by atoms with van der Waals surface area (Å²) in [5.41, 5.74) is 4.02. The average molecular weight is 394 g/mol. The molecule has 0 amide bonds. The van der Waals surface area contributed by atoms with Gasteiger partial charge in [0.1, 0.15) is 5.71 Å². The number of nitrogens with one attached hydrogen (secondary N) is 2. The Balaban J connectivity index is 1.70. The highest BCUT2D eigenvalue weighted by Gasteiger charge is 2.65. The third-order valence-electron chi connectivity index (χ3n) is 5.67. The van der Waals surface area contributed by atoms with Crippen LogP contribution in [0, 0.1) is 16.7 Å². The van der Waals surface area contributed by atoms with E-state index in [4.69, 9.17) is 12.2 Å². The number of benzene rings is 1. The van der Waals surface area contributed by atoms with E-state index in [9.17, 15) is 4.79 Å². The molecule has 2 N–H and O–H groups in total. The predicted octanol–water partition coefficient (Wildman–Crippen LogP) is 4.12. The second-order valence-electron chi connectivity index (χ2n) is 7.04. The summed E-state index contributed by atoms with van der Waals surface area (Å²) in [7, 11) is 0. The lowest BCUT2D eigenvalue weighted by Crippen LogP contribution is -2.34. The average Bonchev–Trinajstić information content (AvgIpc) is 2.80. The van der Waals surface area contributed by atoms with Gasteiger partial charge in [-0.25, -0.2) is 0 Å². The molecule has 2 aliphatic rings. The second kappa shape index (κ2) is 5.67. The van der Waals surface area contributed by atoms with Crippen LogP contribution in [0.15, 0.2) is 33.8 Å². The van der Waals surface area contributed by atoms with Crippen LogP contribution in [0.25, 0.3) is 0 Å². The van der Waals surface area contributed by atoms with E-state index in [1.165, 1.54) is 0 Å². The fourth-order valence-corrected chi connectivity index (χ4v) is 4.19. The molecule has 2 bridgehead atoms. The maximum absolute atomic E-state index is 12.7. The van der Waals surface area contributed by atoms with Crippen LogP contribution in [0.1, 0.15) is 33.6 Å². The largest absolute Gasteiger partial charge is 0.331 e. The number of hydrogen-bond donors (Lipinski definition) is 2. The highest BCUT2D eigenvalue weighted by Crippen LogP contribution is 2.62. The molecule has 4 nitrogen and oxygen atoms in total. The fourth-order valence-electron chi connectivity index (χ4n) is 3.76. The van der Waals surface area contributed by atoms with E-state index in [1.807, 2.05) is 24.3 Å².